The van der Waals surface area contributed by atoms with Crippen molar-refractivity contribution in [2.45, 2.75) is 87.2 Å². The number of hydrogen-bond acceptors (Lipinski definition) is 12. The van der Waals surface area contributed by atoms with Crippen LogP contribution < -0.4 is 18.9 Å². The van der Waals surface area contributed by atoms with E-state index in [-0.39, 0.29) is 63.3 Å². The van der Waals surface area contributed by atoms with Crippen LogP contribution in [0, 0.1) is 25.6 Å². The summed E-state index contributed by atoms with van der Waals surface area (Å²) < 4.78 is 48.1. The number of aryl methyl sites for hydroxylation is 3. The standard InChI is InChI=1S/C36H36O6.C33H29FO6/c1-20(2)34(37)40-19-25-13-26-9-10-27(15-28(26)14-25)32-11-24(8)33(12-23(32)7)29-16-30(41-35(38)21(3)4)18-31(17-29)42-36(39)22(5)6;1-18(2)31(35)38-25-14-24(15-26(17-25)39-32(36)19(3)4)21-7-10-27(29(34)16-21)22-8-11-28-23(13-22)9-12-30(28)40-33(37)20(5)6/h9-12,15-18,25H,1,3,5,13-14,19H2,2,4,6-8H3;7-8,10-11,13-17,30H,1,3,5,9,12H2,2,4,6H3. The van der Waals surface area contributed by atoms with Gasteiger partial charge in [0.15, 0.2) is 0 Å². The summed E-state index contributed by atoms with van der Waals surface area (Å²) >= 11 is 0. The predicted octanol–water partition coefficient (Wildman–Crippen LogP) is 14.7. The van der Waals surface area contributed by atoms with Gasteiger partial charge >= 0.3 is 35.8 Å². The zero-order valence-corrected chi connectivity index (χ0v) is 47.5. The monoisotopic (exact) mass is 1100 g/mol. The quantitative estimate of drug-likeness (QED) is 0.0484. The van der Waals surface area contributed by atoms with E-state index in [2.05, 4.69) is 76.7 Å². The molecule has 0 aliphatic heterocycles. The van der Waals surface area contributed by atoms with Crippen molar-refractivity contribution in [3.63, 3.8) is 0 Å². The van der Waals surface area contributed by atoms with Crippen molar-refractivity contribution in [1.82, 2.24) is 0 Å². The van der Waals surface area contributed by atoms with Gasteiger partial charge in [-0.25, -0.2) is 33.2 Å². The fourth-order valence-corrected chi connectivity index (χ4v) is 9.25. The molecule has 0 aromatic heterocycles. The lowest BCUT2D eigenvalue weighted by atomic mass is 9.90. The highest BCUT2D eigenvalue weighted by Gasteiger charge is 2.28. The van der Waals surface area contributed by atoms with Crippen LogP contribution >= 0.6 is 0 Å². The molecule has 0 fully saturated rings. The summed E-state index contributed by atoms with van der Waals surface area (Å²) in [6.07, 6.45) is 2.74. The van der Waals surface area contributed by atoms with E-state index in [1.165, 1.54) is 43.2 Å². The summed E-state index contributed by atoms with van der Waals surface area (Å²) in [6.45, 7) is 35.6. The lowest BCUT2D eigenvalue weighted by Crippen LogP contribution is -2.14. The summed E-state index contributed by atoms with van der Waals surface area (Å²) in [5.74, 6) is -2.72. The molecule has 2 atom stereocenters. The number of esters is 6. The molecule has 0 heterocycles. The van der Waals surface area contributed by atoms with Gasteiger partial charge in [-0.3, -0.25) is 0 Å². The lowest BCUT2D eigenvalue weighted by Gasteiger charge is -2.16. The van der Waals surface area contributed by atoms with Crippen LogP contribution in [0.25, 0.3) is 44.5 Å². The fourth-order valence-electron chi connectivity index (χ4n) is 9.25. The minimum Gasteiger partial charge on any atom is -0.462 e. The Morgan fingerprint density at radius 2 is 0.866 bits per heavy atom. The van der Waals surface area contributed by atoms with Gasteiger partial charge in [-0.05, 0) is 184 Å². The van der Waals surface area contributed by atoms with Gasteiger partial charge in [0.25, 0.3) is 0 Å². The van der Waals surface area contributed by atoms with Crippen LogP contribution in [-0.4, -0.2) is 42.4 Å². The van der Waals surface area contributed by atoms with Crippen molar-refractivity contribution in [2.24, 2.45) is 5.92 Å². The first-order valence-electron chi connectivity index (χ1n) is 26.4. The largest absolute Gasteiger partial charge is 0.462 e. The maximum absolute atomic E-state index is 15.5. The third kappa shape index (κ3) is 14.8. The third-order valence-electron chi connectivity index (χ3n) is 13.6. The van der Waals surface area contributed by atoms with Gasteiger partial charge in [-0.1, -0.05) is 100 Å². The molecule has 6 aromatic carbocycles. The Balaban J connectivity index is 0.000000236. The molecule has 12 nitrogen and oxygen atoms in total. The lowest BCUT2D eigenvalue weighted by molar-refractivity contribution is -0.144. The van der Waals surface area contributed by atoms with E-state index in [4.69, 9.17) is 28.4 Å². The van der Waals surface area contributed by atoms with Crippen molar-refractivity contribution >= 4 is 35.8 Å². The number of carbonyl (C=O) groups excluding carboxylic acids is 6. The molecule has 0 saturated heterocycles. The Morgan fingerprint density at radius 3 is 1.35 bits per heavy atom. The normalized spacial score (nSPS) is 13.6. The first-order chi connectivity index (χ1) is 38.7. The van der Waals surface area contributed by atoms with E-state index >= 15 is 4.39 Å². The molecule has 2 aliphatic rings. The molecule has 2 unspecified atom stereocenters. The topological polar surface area (TPSA) is 158 Å². The molecule has 420 valence electrons. The Labute approximate surface area is 477 Å². The molecule has 6 aromatic rings. The Bertz CT molecular complexity index is 3610. The van der Waals surface area contributed by atoms with Crippen molar-refractivity contribution in [2.75, 3.05) is 6.61 Å². The SMILES string of the molecule is C=C(C)C(=O)OCC1Cc2ccc(-c3cc(C)c(-c4cc(OC(=O)C(=C)C)cc(OC(=O)C(=C)C)c4)cc3C)cc2C1.C=C(C)C(=O)Oc1cc(OC(=O)C(=C)C)cc(-c2ccc(-c3ccc4c(c3)CCC4OC(=O)C(=C)C)c(F)c2)c1. The van der Waals surface area contributed by atoms with Gasteiger partial charge in [0.05, 0.1) is 6.61 Å². The number of halogens is 1. The number of ether oxygens (including phenoxy) is 6. The van der Waals surface area contributed by atoms with E-state index in [9.17, 15) is 28.8 Å². The summed E-state index contributed by atoms with van der Waals surface area (Å²) in [5, 5.41) is 0. The van der Waals surface area contributed by atoms with Crippen LogP contribution in [0.2, 0.25) is 0 Å². The number of benzene rings is 6. The summed E-state index contributed by atoms with van der Waals surface area (Å²) in [5.41, 5.74) is 14.1. The maximum Gasteiger partial charge on any atom is 0.338 e. The second-order valence-corrected chi connectivity index (χ2v) is 21.0. The molecule has 82 heavy (non-hydrogen) atoms. The van der Waals surface area contributed by atoms with Gasteiger partial charge in [-0.15, -0.1) is 0 Å². The number of fused-ring (bicyclic) bond motifs is 2. The Hall–Kier alpha value is -9.49. The first-order valence-corrected chi connectivity index (χ1v) is 26.4. The minimum absolute atomic E-state index is 0.111. The average Bonchev–Trinajstić information content (AvgIpc) is 4.15. The molecule has 0 radical (unpaired) electrons. The second kappa shape index (κ2) is 25.7. The highest BCUT2D eigenvalue weighted by atomic mass is 19.1. The summed E-state index contributed by atoms with van der Waals surface area (Å²) in [7, 11) is 0. The average molecular weight is 1110 g/mol. The summed E-state index contributed by atoms with van der Waals surface area (Å²) in [6, 6.07) is 30.6. The number of carbonyl (C=O) groups is 6. The predicted molar refractivity (Wildman–Crippen MR) is 314 cm³/mol. The number of rotatable bonds is 17. The third-order valence-corrected chi connectivity index (χ3v) is 13.6. The molecule has 13 heteroatoms. The first kappa shape index (κ1) is 60.2. The van der Waals surface area contributed by atoms with Gasteiger partial charge in [-0.2, -0.15) is 0 Å². The van der Waals surface area contributed by atoms with Crippen molar-refractivity contribution < 1.29 is 61.6 Å². The maximum atomic E-state index is 15.5. The molecule has 0 saturated carbocycles. The van der Waals surface area contributed by atoms with Crippen LogP contribution in [0.4, 0.5) is 4.39 Å². The van der Waals surface area contributed by atoms with Gasteiger partial charge in [0.1, 0.15) is 34.9 Å². The van der Waals surface area contributed by atoms with Crippen LogP contribution in [0.3, 0.4) is 0 Å². The van der Waals surface area contributed by atoms with Crippen LogP contribution in [-0.2, 0) is 57.5 Å². The zero-order valence-electron chi connectivity index (χ0n) is 47.5. The molecular formula is C69H65FO12. The smallest absolute Gasteiger partial charge is 0.338 e. The Morgan fingerprint density at radius 1 is 0.439 bits per heavy atom. The highest BCUT2D eigenvalue weighted by molar-refractivity contribution is 5.92. The minimum atomic E-state index is -0.649. The fraction of sp³-hybridized carbons (Fsp3) is 0.217. The van der Waals surface area contributed by atoms with E-state index in [0.29, 0.717) is 52.8 Å². The van der Waals surface area contributed by atoms with Crippen molar-refractivity contribution in [3.05, 3.63) is 215 Å². The van der Waals surface area contributed by atoms with E-state index in [0.717, 1.165) is 57.3 Å². The highest BCUT2D eigenvalue weighted by Crippen LogP contribution is 2.41. The van der Waals surface area contributed by atoms with Crippen LogP contribution in [0.5, 0.6) is 23.0 Å². The van der Waals surface area contributed by atoms with E-state index in [1.807, 2.05) is 19.1 Å². The molecular weight excluding hydrogens is 1040 g/mol. The molecule has 2 aliphatic carbocycles. The van der Waals surface area contributed by atoms with Crippen LogP contribution in [0.1, 0.15) is 87.4 Å². The van der Waals surface area contributed by atoms with Crippen LogP contribution in [0.15, 0.2) is 176 Å². The Kier molecular flexibility index (Phi) is 18.9. The second-order valence-electron chi connectivity index (χ2n) is 21.0. The summed E-state index contributed by atoms with van der Waals surface area (Å²) in [4.78, 5) is 72.5. The molecule has 0 amide bonds. The van der Waals surface area contributed by atoms with Crippen molar-refractivity contribution in [1.29, 1.82) is 0 Å². The molecule has 0 N–H and O–H groups in total. The van der Waals surface area contributed by atoms with Gasteiger partial charge < -0.3 is 28.4 Å². The van der Waals surface area contributed by atoms with Gasteiger partial charge in [0.2, 0.25) is 0 Å². The van der Waals surface area contributed by atoms with E-state index < -0.39 is 35.7 Å². The van der Waals surface area contributed by atoms with Gasteiger partial charge in [0, 0.05) is 57.1 Å². The molecule has 0 spiro atoms. The van der Waals surface area contributed by atoms with E-state index in [1.54, 1.807) is 70.2 Å². The molecule has 8 rings (SSSR count). The van der Waals surface area contributed by atoms with Crippen molar-refractivity contribution in [3.8, 4) is 67.5 Å². The zero-order chi connectivity index (χ0) is 59.9. The molecule has 0 bridgehead atoms. The number of hydrogen-bond donors (Lipinski definition) is 0.